The maximum Gasteiger partial charge on any atom is 0.229 e. The van der Waals surface area contributed by atoms with Crippen LogP contribution in [0.4, 0.5) is 8.78 Å². The van der Waals surface area contributed by atoms with E-state index in [1.165, 1.54) is 0 Å². The number of nitrogens with one attached hydrogen (secondary N) is 4. The molecular weight excluding hydrogens is 254 g/mol. The van der Waals surface area contributed by atoms with Crippen LogP contribution in [0.1, 0.15) is 32.1 Å². The molecule has 5 nitrogen and oxygen atoms in total. The van der Waals surface area contributed by atoms with Crippen LogP contribution < -0.4 is 10.6 Å². The van der Waals surface area contributed by atoms with Crippen molar-refractivity contribution in [1.82, 2.24) is 10.6 Å². The van der Waals surface area contributed by atoms with Gasteiger partial charge in [-0.2, -0.15) is 0 Å². The predicted molar refractivity (Wildman–Crippen MR) is 66.9 cm³/mol. The molecule has 1 heterocycles. The molecule has 0 bridgehead atoms. The molecule has 0 aromatic rings. The number of carbonyl (C=O) groups excluding carboxylic acids is 1. The van der Waals surface area contributed by atoms with Gasteiger partial charge in [0.15, 0.2) is 0 Å². The summed E-state index contributed by atoms with van der Waals surface area (Å²) in [4.78, 5) is 11.9. The molecule has 0 aromatic carbocycles. The van der Waals surface area contributed by atoms with Gasteiger partial charge < -0.3 is 10.6 Å². The van der Waals surface area contributed by atoms with Crippen molar-refractivity contribution >= 4 is 17.6 Å². The summed E-state index contributed by atoms with van der Waals surface area (Å²) in [5, 5.41) is 20.0. The molecule has 0 radical (unpaired) electrons. The SMILES string of the molecule is N=C1CC[C@@H](NC(=O)C2C(F)CCC[C@@H]2F)C(=N)N1. The van der Waals surface area contributed by atoms with Gasteiger partial charge in [0.05, 0.1) is 11.9 Å². The molecule has 106 valence electrons. The van der Waals surface area contributed by atoms with Gasteiger partial charge in [0.1, 0.15) is 24.1 Å². The van der Waals surface area contributed by atoms with Crippen molar-refractivity contribution < 1.29 is 13.6 Å². The van der Waals surface area contributed by atoms with E-state index in [9.17, 15) is 13.6 Å². The number of piperidine rings is 1. The van der Waals surface area contributed by atoms with Crippen LogP contribution >= 0.6 is 0 Å². The molecular formula is C12H18F2N4O. The normalized spacial score (nSPS) is 35.7. The smallest absolute Gasteiger partial charge is 0.229 e. The van der Waals surface area contributed by atoms with Crippen molar-refractivity contribution in [2.45, 2.75) is 50.5 Å². The zero-order chi connectivity index (χ0) is 14.0. The summed E-state index contributed by atoms with van der Waals surface area (Å²) in [6, 6.07) is -0.581. The number of hydrogen-bond donors (Lipinski definition) is 4. The van der Waals surface area contributed by atoms with Gasteiger partial charge in [0, 0.05) is 6.42 Å². The third kappa shape index (κ3) is 3.08. The fraction of sp³-hybridized carbons (Fsp3) is 0.750. The lowest BCUT2D eigenvalue weighted by molar-refractivity contribution is -0.131. The van der Waals surface area contributed by atoms with Crippen LogP contribution in [0.5, 0.6) is 0 Å². The number of halogens is 2. The Hall–Kier alpha value is -1.53. The summed E-state index contributed by atoms with van der Waals surface area (Å²) in [5.41, 5.74) is 0. The molecule has 2 aliphatic rings. The highest BCUT2D eigenvalue weighted by Crippen LogP contribution is 2.30. The van der Waals surface area contributed by atoms with Crippen molar-refractivity contribution in [2.24, 2.45) is 5.92 Å². The van der Waals surface area contributed by atoms with Crippen LogP contribution in [0.3, 0.4) is 0 Å². The van der Waals surface area contributed by atoms with Gasteiger partial charge in [-0.15, -0.1) is 0 Å². The van der Waals surface area contributed by atoms with Gasteiger partial charge in [0.25, 0.3) is 0 Å². The Kier molecular flexibility index (Phi) is 4.11. The van der Waals surface area contributed by atoms with Gasteiger partial charge in [-0.05, 0) is 25.7 Å². The largest absolute Gasteiger partial charge is 0.346 e. The molecule has 2 unspecified atom stereocenters. The first-order valence-corrected chi connectivity index (χ1v) is 6.50. The minimum absolute atomic E-state index is 0.00576. The Labute approximate surface area is 110 Å². The molecule has 7 heteroatoms. The highest BCUT2D eigenvalue weighted by Gasteiger charge is 2.40. The number of amidine groups is 2. The second kappa shape index (κ2) is 5.63. The van der Waals surface area contributed by atoms with Crippen LogP contribution in [0.2, 0.25) is 0 Å². The Morgan fingerprint density at radius 3 is 2.42 bits per heavy atom. The molecule has 1 amide bonds. The maximum atomic E-state index is 13.7. The number of carbonyl (C=O) groups is 1. The van der Waals surface area contributed by atoms with Gasteiger partial charge in [-0.25, -0.2) is 8.78 Å². The molecule has 4 N–H and O–H groups in total. The minimum atomic E-state index is -1.45. The van der Waals surface area contributed by atoms with Gasteiger partial charge in [-0.1, -0.05) is 0 Å². The van der Waals surface area contributed by atoms with Crippen LogP contribution in [0.25, 0.3) is 0 Å². The van der Waals surface area contributed by atoms with E-state index in [1.807, 2.05) is 0 Å². The second-order valence-corrected chi connectivity index (χ2v) is 5.11. The quantitative estimate of drug-likeness (QED) is 0.610. The number of amides is 1. The van der Waals surface area contributed by atoms with Crippen LogP contribution in [-0.4, -0.2) is 36.0 Å². The Bertz CT molecular complexity index is 391. The Morgan fingerprint density at radius 1 is 1.21 bits per heavy atom. The van der Waals surface area contributed by atoms with E-state index in [0.29, 0.717) is 19.3 Å². The van der Waals surface area contributed by atoms with E-state index in [0.717, 1.165) is 0 Å². The zero-order valence-corrected chi connectivity index (χ0v) is 10.5. The standard InChI is InChI=1S/C12H18F2N4O/c13-6-2-1-3-7(14)10(6)12(19)17-8-4-5-9(15)18-11(8)16/h6-8,10H,1-5H2,(H,17,19)(H3,15,16,18)/t6-,7?,8+,10?/m0/s1. The highest BCUT2D eigenvalue weighted by molar-refractivity contribution is 6.04. The second-order valence-electron chi connectivity index (χ2n) is 5.11. The van der Waals surface area contributed by atoms with E-state index in [-0.39, 0.29) is 24.5 Å². The van der Waals surface area contributed by atoms with E-state index >= 15 is 0 Å². The van der Waals surface area contributed by atoms with E-state index in [2.05, 4.69) is 10.6 Å². The molecule has 0 aromatic heterocycles. The highest BCUT2D eigenvalue weighted by atomic mass is 19.1. The molecule has 1 saturated heterocycles. The van der Waals surface area contributed by atoms with E-state index in [4.69, 9.17) is 10.8 Å². The van der Waals surface area contributed by atoms with E-state index < -0.39 is 30.2 Å². The van der Waals surface area contributed by atoms with Crippen molar-refractivity contribution in [2.75, 3.05) is 0 Å². The van der Waals surface area contributed by atoms with Crippen molar-refractivity contribution in [3.8, 4) is 0 Å². The maximum absolute atomic E-state index is 13.7. The Morgan fingerprint density at radius 2 is 1.84 bits per heavy atom. The predicted octanol–water partition coefficient (Wildman–Crippen LogP) is 1.29. The first-order chi connectivity index (χ1) is 8.99. The lowest BCUT2D eigenvalue weighted by Gasteiger charge is -2.31. The minimum Gasteiger partial charge on any atom is -0.346 e. The first-order valence-electron chi connectivity index (χ1n) is 6.50. The van der Waals surface area contributed by atoms with Crippen LogP contribution in [0, 0.1) is 16.7 Å². The van der Waals surface area contributed by atoms with Gasteiger partial charge in [-0.3, -0.25) is 15.6 Å². The lowest BCUT2D eigenvalue weighted by Crippen LogP contribution is -2.55. The number of alkyl halides is 2. The number of hydrogen-bond acceptors (Lipinski definition) is 3. The van der Waals surface area contributed by atoms with Crippen molar-refractivity contribution in [3.05, 3.63) is 0 Å². The summed E-state index contributed by atoms with van der Waals surface area (Å²) in [5.74, 6) is -1.70. The molecule has 4 atom stereocenters. The summed E-state index contributed by atoms with van der Waals surface area (Å²) < 4.78 is 27.3. The third-order valence-corrected chi connectivity index (χ3v) is 3.68. The molecule has 2 fully saturated rings. The Balaban J connectivity index is 1.96. The molecule has 19 heavy (non-hydrogen) atoms. The summed E-state index contributed by atoms with van der Waals surface area (Å²) in [6.07, 6.45) is -1.19. The van der Waals surface area contributed by atoms with Crippen LogP contribution in [0.15, 0.2) is 0 Å². The topological polar surface area (TPSA) is 88.8 Å². The average Bonchev–Trinajstić information content (AvgIpc) is 2.32. The molecule has 0 spiro atoms. The fourth-order valence-corrected chi connectivity index (χ4v) is 2.58. The molecule has 1 aliphatic carbocycles. The van der Waals surface area contributed by atoms with Crippen molar-refractivity contribution in [1.29, 1.82) is 10.8 Å². The molecule has 1 aliphatic heterocycles. The monoisotopic (exact) mass is 272 g/mol. The van der Waals surface area contributed by atoms with Gasteiger partial charge in [0.2, 0.25) is 5.91 Å². The van der Waals surface area contributed by atoms with Gasteiger partial charge >= 0.3 is 0 Å². The lowest BCUT2D eigenvalue weighted by atomic mass is 9.85. The summed E-state index contributed by atoms with van der Waals surface area (Å²) in [6.45, 7) is 0. The average molecular weight is 272 g/mol. The summed E-state index contributed by atoms with van der Waals surface area (Å²) >= 11 is 0. The fourth-order valence-electron chi connectivity index (χ4n) is 2.58. The third-order valence-electron chi connectivity index (χ3n) is 3.68. The zero-order valence-electron chi connectivity index (χ0n) is 10.5. The van der Waals surface area contributed by atoms with E-state index in [1.54, 1.807) is 0 Å². The summed E-state index contributed by atoms with van der Waals surface area (Å²) in [7, 11) is 0. The molecule has 1 saturated carbocycles. The number of rotatable bonds is 2. The van der Waals surface area contributed by atoms with Crippen LogP contribution in [-0.2, 0) is 4.79 Å². The molecule has 2 rings (SSSR count). The van der Waals surface area contributed by atoms with Crippen molar-refractivity contribution in [3.63, 3.8) is 0 Å². The first kappa shape index (κ1) is 13.9.